The monoisotopic (exact) mass is 401 g/mol. The number of hydrogen-bond donors (Lipinski definition) is 3. The van der Waals surface area contributed by atoms with Crippen LogP contribution in [0.1, 0.15) is 13.8 Å². The van der Waals surface area contributed by atoms with Crippen LogP contribution < -0.4 is 15.4 Å². The molecule has 1 aromatic carbocycles. The maximum Gasteiger partial charge on any atom is 0.413 e. The molecule has 0 aliphatic heterocycles. The third-order valence-corrected chi connectivity index (χ3v) is 4.19. The van der Waals surface area contributed by atoms with Crippen LogP contribution in [0.4, 0.5) is 10.5 Å². The van der Waals surface area contributed by atoms with Crippen molar-refractivity contribution in [3.05, 3.63) is 24.3 Å². The van der Waals surface area contributed by atoms with Gasteiger partial charge in [-0.15, -0.1) is 0 Å². The molecule has 0 saturated heterocycles. The molecule has 148 valence electrons. The summed E-state index contributed by atoms with van der Waals surface area (Å²) in [7, 11) is -4.00. The van der Waals surface area contributed by atoms with Gasteiger partial charge in [-0.2, -0.15) is 4.72 Å². The number of anilines is 1. The number of rotatable bonds is 8. The van der Waals surface area contributed by atoms with E-state index in [9.17, 15) is 27.6 Å². The summed E-state index contributed by atoms with van der Waals surface area (Å²) in [6, 6.07) is 5.25. The second-order valence-corrected chi connectivity index (χ2v) is 6.73. The van der Waals surface area contributed by atoms with Crippen LogP contribution in [-0.4, -0.2) is 52.1 Å². The standard InChI is InChI=1S/C15H19N3O8S/c1-3-25-15(22)18-13(20)9-26-14(21)8-16-27(23,24)12-6-4-11(5-7-12)17-10(2)19/h4-7,16H,3,8-9H2,1-2H3,(H,17,19)(H,18,20,22). The van der Waals surface area contributed by atoms with Gasteiger partial charge >= 0.3 is 12.1 Å². The minimum Gasteiger partial charge on any atom is -0.455 e. The summed E-state index contributed by atoms with van der Waals surface area (Å²) >= 11 is 0. The molecule has 1 aromatic rings. The summed E-state index contributed by atoms with van der Waals surface area (Å²) < 4.78 is 35.2. The van der Waals surface area contributed by atoms with Gasteiger partial charge in [0, 0.05) is 12.6 Å². The normalized spacial score (nSPS) is 10.6. The van der Waals surface area contributed by atoms with E-state index in [1.165, 1.54) is 31.2 Å². The summed E-state index contributed by atoms with van der Waals surface area (Å²) in [6.07, 6.45) is -0.984. The summed E-state index contributed by atoms with van der Waals surface area (Å²) in [5, 5.41) is 4.29. The second-order valence-electron chi connectivity index (χ2n) is 4.96. The van der Waals surface area contributed by atoms with E-state index in [2.05, 4.69) is 14.8 Å². The van der Waals surface area contributed by atoms with Crippen LogP contribution in [0.25, 0.3) is 0 Å². The van der Waals surface area contributed by atoms with Crippen LogP contribution in [0.2, 0.25) is 0 Å². The molecule has 0 radical (unpaired) electrons. The Morgan fingerprint density at radius 1 is 1.04 bits per heavy atom. The van der Waals surface area contributed by atoms with Crippen molar-refractivity contribution >= 4 is 39.6 Å². The average Bonchev–Trinajstić information content (AvgIpc) is 2.58. The highest BCUT2D eigenvalue weighted by Crippen LogP contribution is 2.13. The first-order valence-electron chi connectivity index (χ1n) is 7.63. The van der Waals surface area contributed by atoms with Crippen molar-refractivity contribution in [2.24, 2.45) is 0 Å². The maximum atomic E-state index is 12.1. The number of alkyl carbamates (subject to hydrolysis) is 1. The fourth-order valence-corrected chi connectivity index (χ4v) is 2.64. The Labute approximate surface area is 155 Å². The summed E-state index contributed by atoms with van der Waals surface area (Å²) in [5.74, 6) is -2.25. The number of esters is 1. The first-order chi connectivity index (χ1) is 12.6. The first kappa shape index (κ1) is 22.1. The Bertz CT molecular complexity index is 805. The van der Waals surface area contributed by atoms with Crippen molar-refractivity contribution in [1.29, 1.82) is 0 Å². The van der Waals surface area contributed by atoms with Crippen molar-refractivity contribution in [2.75, 3.05) is 25.1 Å². The number of hydrogen-bond acceptors (Lipinski definition) is 8. The molecule has 0 aliphatic carbocycles. The van der Waals surface area contributed by atoms with Gasteiger partial charge in [-0.05, 0) is 31.2 Å². The van der Waals surface area contributed by atoms with Gasteiger partial charge in [0.15, 0.2) is 6.61 Å². The largest absolute Gasteiger partial charge is 0.455 e. The zero-order valence-electron chi connectivity index (χ0n) is 14.6. The highest BCUT2D eigenvalue weighted by molar-refractivity contribution is 7.89. The molecular formula is C15H19N3O8S. The van der Waals surface area contributed by atoms with E-state index in [4.69, 9.17) is 0 Å². The molecule has 27 heavy (non-hydrogen) atoms. The van der Waals surface area contributed by atoms with E-state index < -0.39 is 41.1 Å². The van der Waals surface area contributed by atoms with Crippen LogP contribution in [0.15, 0.2) is 29.2 Å². The van der Waals surface area contributed by atoms with E-state index in [-0.39, 0.29) is 17.4 Å². The molecule has 11 nitrogen and oxygen atoms in total. The van der Waals surface area contributed by atoms with Crippen LogP contribution >= 0.6 is 0 Å². The number of sulfonamides is 1. The predicted molar refractivity (Wildman–Crippen MR) is 92.1 cm³/mol. The fourth-order valence-electron chi connectivity index (χ4n) is 1.67. The number of carbonyl (C=O) groups excluding carboxylic acids is 4. The lowest BCUT2D eigenvalue weighted by atomic mass is 10.3. The smallest absolute Gasteiger partial charge is 0.413 e. The summed E-state index contributed by atoms with van der Waals surface area (Å²) in [6.45, 7) is 1.42. The van der Waals surface area contributed by atoms with Crippen molar-refractivity contribution in [1.82, 2.24) is 10.0 Å². The number of carbonyl (C=O) groups is 4. The Balaban J connectivity index is 2.48. The number of nitrogens with one attached hydrogen (secondary N) is 3. The topological polar surface area (TPSA) is 157 Å². The molecule has 1 rings (SSSR count). The molecule has 0 saturated carbocycles. The van der Waals surface area contributed by atoms with Gasteiger partial charge in [0.2, 0.25) is 15.9 Å². The second kappa shape index (κ2) is 10.2. The first-order valence-corrected chi connectivity index (χ1v) is 9.12. The lowest BCUT2D eigenvalue weighted by Crippen LogP contribution is -2.36. The van der Waals surface area contributed by atoms with Crippen molar-refractivity contribution < 1.29 is 37.1 Å². The minimum atomic E-state index is -4.00. The lowest BCUT2D eigenvalue weighted by molar-refractivity contribution is -0.147. The molecule has 0 fully saturated rings. The van der Waals surface area contributed by atoms with Crippen molar-refractivity contribution in [3.63, 3.8) is 0 Å². The van der Waals surface area contributed by atoms with E-state index in [1.807, 2.05) is 10.0 Å². The van der Waals surface area contributed by atoms with Crippen LogP contribution in [0, 0.1) is 0 Å². The molecule has 12 heteroatoms. The molecule has 3 amide bonds. The third-order valence-electron chi connectivity index (χ3n) is 2.77. The van der Waals surface area contributed by atoms with Crippen LogP contribution in [0.3, 0.4) is 0 Å². The van der Waals surface area contributed by atoms with Gasteiger partial charge in [-0.3, -0.25) is 19.7 Å². The molecule has 0 spiro atoms. The van der Waals surface area contributed by atoms with E-state index >= 15 is 0 Å². The van der Waals surface area contributed by atoms with E-state index in [1.54, 1.807) is 6.92 Å². The maximum absolute atomic E-state index is 12.1. The Kier molecular flexibility index (Phi) is 8.35. The van der Waals surface area contributed by atoms with Crippen LogP contribution in [-0.2, 0) is 33.9 Å². The van der Waals surface area contributed by atoms with Crippen molar-refractivity contribution in [3.8, 4) is 0 Å². The number of benzene rings is 1. The zero-order chi connectivity index (χ0) is 20.4. The van der Waals surface area contributed by atoms with Crippen molar-refractivity contribution in [2.45, 2.75) is 18.7 Å². The average molecular weight is 401 g/mol. The number of ether oxygens (including phenoxy) is 2. The van der Waals surface area contributed by atoms with E-state index in [0.29, 0.717) is 5.69 Å². The summed E-state index contributed by atoms with van der Waals surface area (Å²) in [5.41, 5.74) is 0.411. The fraction of sp³-hybridized carbons (Fsp3) is 0.333. The number of imide groups is 1. The molecular weight excluding hydrogens is 382 g/mol. The molecule has 0 aromatic heterocycles. The molecule has 3 N–H and O–H groups in total. The molecule has 0 unspecified atom stereocenters. The van der Waals surface area contributed by atoms with E-state index in [0.717, 1.165) is 0 Å². The highest BCUT2D eigenvalue weighted by atomic mass is 32.2. The van der Waals surface area contributed by atoms with Gasteiger partial charge in [0.25, 0.3) is 5.91 Å². The minimum absolute atomic E-state index is 0.0620. The Hall–Kier alpha value is -2.99. The Morgan fingerprint density at radius 3 is 2.22 bits per heavy atom. The molecule has 0 bridgehead atoms. The third kappa shape index (κ3) is 8.29. The highest BCUT2D eigenvalue weighted by Gasteiger charge is 2.17. The molecule has 0 heterocycles. The lowest BCUT2D eigenvalue weighted by Gasteiger charge is -2.08. The zero-order valence-corrected chi connectivity index (χ0v) is 15.4. The van der Waals surface area contributed by atoms with Gasteiger partial charge in [0.05, 0.1) is 11.5 Å². The van der Waals surface area contributed by atoms with Gasteiger partial charge < -0.3 is 14.8 Å². The number of amides is 3. The summed E-state index contributed by atoms with van der Waals surface area (Å²) in [4.78, 5) is 44.6. The molecule has 0 aliphatic rings. The quantitative estimate of drug-likeness (QED) is 0.503. The van der Waals surface area contributed by atoms with Crippen LogP contribution in [0.5, 0.6) is 0 Å². The Morgan fingerprint density at radius 2 is 1.67 bits per heavy atom. The molecule has 0 atom stereocenters. The van der Waals surface area contributed by atoms with Gasteiger partial charge in [-0.1, -0.05) is 0 Å². The SMILES string of the molecule is CCOC(=O)NC(=O)COC(=O)CNS(=O)(=O)c1ccc(NC(C)=O)cc1. The van der Waals surface area contributed by atoms with Gasteiger partial charge in [-0.25, -0.2) is 13.2 Å². The van der Waals surface area contributed by atoms with Gasteiger partial charge in [0.1, 0.15) is 6.54 Å². The predicted octanol–water partition coefficient (Wildman–Crippen LogP) is -0.261.